The van der Waals surface area contributed by atoms with Crippen molar-refractivity contribution < 1.29 is 9.59 Å². The third kappa shape index (κ3) is 6.10. The van der Waals surface area contributed by atoms with E-state index in [0.29, 0.717) is 39.1 Å². The summed E-state index contributed by atoms with van der Waals surface area (Å²) < 4.78 is 1.45. The number of amides is 1. The van der Waals surface area contributed by atoms with E-state index >= 15 is 0 Å². The molecular formula is C30H29BrN6O2S2. The van der Waals surface area contributed by atoms with E-state index < -0.39 is 5.92 Å². The molecule has 0 spiro atoms. The molecule has 1 unspecified atom stereocenters. The first-order chi connectivity index (χ1) is 19.6. The third-order valence-corrected chi connectivity index (χ3v) is 9.66. The Kier molecular flexibility index (Phi) is 8.36. The highest BCUT2D eigenvalue weighted by Crippen LogP contribution is 2.50. The van der Waals surface area contributed by atoms with E-state index in [4.69, 9.17) is 5.73 Å². The van der Waals surface area contributed by atoms with Crippen LogP contribution in [0.15, 0.2) is 80.0 Å². The van der Waals surface area contributed by atoms with Gasteiger partial charge in [0.1, 0.15) is 5.82 Å². The second-order valence-electron chi connectivity index (χ2n) is 10.8. The molecule has 0 bridgehead atoms. The molecule has 210 valence electrons. The number of nitrogens with one attached hydrogen (secondary N) is 1. The Labute approximate surface area is 255 Å². The van der Waals surface area contributed by atoms with Gasteiger partial charge in [-0.05, 0) is 47.6 Å². The van der Waals surface area contributed by atoms with E-state index in [9.17, 15) is 14.9 Å². The topological polar surface area (TPSA) is 125 Å². The Morgan fingerprint density at radius 3 is 2.68 bits per heavy atom. The Bertz CT molecular complexity index is 1620. The second kappa shape index (κ2) is 11.8. The highest BCUT2D eigenvalue weighted by Gasteiger charge is 2.45. The average Bonchev–Trinajstić information content (AvgIpc) is 3.39. The summed E-state index contributed by atoms with van der Waals surface area (Å²) in [5.74, 6) is -0.304. The van der Waals surface area contributed by atoms with E-state index in [1.807, 2.05) is 48.5 Å². The van der Waals surface area contributed by atoms with Gasteiger partial charge in [0.25, 0.3) is 0 Å². The van der Waals surface area contributed by atoms with E-state index in [1.54, 1.807) is 4.90 Å². The maximum atomic E-state index is 13.7. The van der Waals surface area contributed by atoms with Crippen molar-refractivity contribution in [3.63, 3.8) is 0 Å². The number of hydrogen-bond acceptors (Lipinski definition) is 9. The summed E-state index contributed by atoms with van der Waals surface area (Å²) >= 11 is 5.94. The van der Waals surface area contributed by atoms with Crippen LogP contribution in [0.1, 0.15) is 50.7 Å². The molecule has 0 saturated heterocycles. The first kappa shape index (κ1) is 29.0. The number of allylic oxidation sites excluding steroid dienone is 3. The smallest absolute Gasteiger partial charge is 0.234 e. The van der Waals surface area contributed by atoms with Crippen molar-refractivity contribution in [1.82, 2.24) is 10.2 Å². The number of thioether (sulfide) groups is 1. The zero-order valence-electron chi connectivity index (χ0n) is 22.9. The summed E-state index contributed by atoms with van der Waals surface area (Å²) in [5.41, 5.74) is 10.8. The number of nitrogens with two attached hydrogens (primary N) is 1. The monoisotopic (exact) mass is 648 g/mol. The van der Waals surface area contributed by atoms with Crippen LogP contribution in [0.3, 0.4) is 0 Å². The number of benzene rings is 2. The summed E-state index contributed by atoms with van der Waals surface area (Å²) in [6, 6.07) is 17.7. The van der Waals surface area contributed by atoms with Gasteiger partial charge in [-0.1, -0.05) is 90.1 Å². The standard InChI is InChI=1S/C30H29BrN6O2S2/c1-4-17-8-10-18(11-9-17)25-21(15-32)27(33)37(22-13-30(2,3)14-23(38)26(22)25)28-35-36-29(41-28)40-16-24(39)34-20-7-5-6-19(31)12-20/h5-12,25H,4,13-14,16,33H2,1-3H3,(H,34,39). The summed E-state index contributed by atoms with van der Waals surface area (Å²) in [4.78, 5) is 28.0. The molecule has 1 aliphatic carbocycles. The van der Waals surface area contributed by atoms with Crippen molar-refractivity contribution in [1.29, 1.82) is 5.26 Å². The van der Waals surface area contributed by atoms with Crippen LogP contribution in [0.2, 0.25) is 0 Å². The van der Waals surface area contributed by atoms with Gasteiger partial charge in [0.2, 0.25) is 11.0 Å². The zero-order chi connectivity index (χ0) is 29.3. The lowest BCUT2D eigenvalue weighted by Gasteiger charge is -2.42. The van der Waals surface area contributed by atoms with Crippen molar-refractivity contribution in [2.24, 2.45) is 11.1 Å². The van der Waals surface area contributed by atoms with Crippen LogP contribution in [0.4, 0.5) is 10.8 Å². The molecule has 3 aromatic rings. The van der Waals surface area contributed by atoms with Crippen molar-refractivity contribution in [2.45, 2.75) is 50.3 Å². The molecule has 5 rings (SSSR count). The van der Waals surface area contributed by atoms with Gasteiger partial charge in [0, 0.05) is 27.9 Å². The Balaban J connectivity index is 1.46. The minimum Gasteiger partial charge on any atom is -0.384 e. The lowest BCUT2D eigenvalue weighted by atomic mass is 9.68. The second-order valence-corrected chi connectivity index (χ2v) is 13.9. The minimum absolute atomic E-state index is 0.00871. The van der Waals surface area contributed by atoms with E-state index in [0.717, 1.165) is 22.2 Å². The van der Waals surface area contributed by atoms with Gasteiger partial charge in [0.05, 0.1) is 23.3 Å². The highest BCUT2D eigenvalue weighted by molar-refractivity contribution is 9.10. The lowest BCUT2D eigenvalue weighted by Crippen LogP contribution is -2.42. The van der Waals surface area contributed by atoms with Crippen LogP contribution in [-0.4, -0.2) is 27.6 Å². The quantitative estimate of drug-likeness (QED) is 0.277. The van der Waals surface area contributed by atoms with Gasteiger partial charge >= 0.3 is 0 Å². The first-order valence-electron chi connectivity index (χ1n) is 13.2. The fourth-order valence-electron chi connectivity index (χ4n) is 5.25. The normalized spacial score (nSPS) is 18.3. The third-order valence-electron chi connectivity index (χ3n) is 7.12. The average molecular weight is 650 g/mol. The Morgan fingerprint density at radius 2 is 2.00 bits per heavy atom. The van der Waals surface area contributed by atoms with E-state index in [1.165, 1.54) is 28.7 Å². The van der Waals surface area contributed by atoms with Crippen LogP contribution >= 0.6 is 39.0 Å². The predicted octanol–water partition coefficient (Wildman–Crippen LogP) is 6.53. The number of nitrogens with zero attached hydrogens (tertiary/aromatic N) is 4. The fraction of sp³-hybridized carbons (Fsp3) is 0.300. The summed E-state index contributed by atoms with van der Waals surface area (Å²) in [6.45, 7) is 6.20. The number of carbonyl (C=O) groups is 2. The summed E-state index contributed by atoms with van der Waals surface area (Å²) in [7, 11) is 0. The maximum Gasteiger partial charge on any atom is 0.234 e. The molecule has 1 aromatic heterocycles. The number of nitriles is 1. The predicted molar refractivity (Wildman–Crippen MR) is 166 cm³/mol. The zero-order valence-corrected chi connectivity index (χ0v) is 26.1. The molecule has 0 fully saturated rings. The van der Waals surface area contributed by atoms with Gasteiger partial charge in [-0.15, -0.1) is 10.2 Å². The molecule has 2 heterocycles. The number of ketones is 1. The number of Topliss-reactive ketones (excluding diaryl/α,β-unsaturated/α-hetero) is 1. The largest absolute Gasteiger partial charge is 0.384 e. The fourth-order valence-corrected chi connectivity index (χ4v) is 7.33. The van der Waals surface area contributed by atoms with Gasteiger partial charge in [-0.3, -0.25) is 14.5 Å². The Hall–Kier alpha value is -3.46. The first-order valence-corrected chi connectivity index (χ1v) is 15.8. The number of carbonyl (C=O) groups excluding carboxylic acids is 2. The maximum absolute atomic E-state index is 13.7. The molecule has 41 heavy (non-hydrogen) atoms. The van der Waals surface area contributed by atoms with Gasteiger partial charge in [-0.2, -0.15) is 5.26 Å². The molecule has 1 amide bonds. The number of anilines is 2. The molecule has 1 aliphatic heterocycles. The van der Waals surface area contributed by atoms with Crippen molar-refractivity contribution in [2.75, 3.05) is 16.0 Å². The molecule has 1 atom stereocenters. The molecule has 2 aromatic carbocycles. The molecule has 0 radical (unpaired) electrons. The molecule has 11 heteroatoms. The number of rotatable bonds is 7. The molecular weight excluding hydrogens is 620 g/mol. The summed E-state index contributed by atoms with van der Waals surface area (Å²) in [5, 5.41) is 22.3. The van der Waals surface area contributed by atoms with E-state index in [2.05, 4.69) is 58.3 Å². The van der Waals surface area contributed by atoms with Crippen LogP contribution < -0.4 is 16.0 Å². The van der Waals surface area contributed by atoms with Crippen molar-refractivity contribution >= 4 is 61.5 Å². The molecule has 8 nitrogen and oxygen atoms in total. The van der Waals surface area contributed by atoms with Crippen LogP contribution in [0.25, 0.3) is 0 Å². The Morgan fingerprint density at radius 1 is 1.24 bits per heavy atom. The molecule has 2 aliphatic rings. The highest BCUT2D eigenvalue weighted by atomic mass is 79.9. The summed E-state index contributed by atoms with van der Waals surface area (Å²) in [6.07, 6.45) is 1.87. The number of aromatic nitrogens is 2. The minimum atomic E-state index is -0.538. The van der Waals surface area contributed by atoms with Crippen molar-refractivity contribution in [3.8, 4) is 6.07 Å². The number of aryl methyl sites for hydroxylation is 1. The van der Waals surface area contributed by atoms with Gasteiger partial charge < -0.3 is 11.1 Å². The number of halogens is 1. The SMILES string of the molecule is CCc1ccc(C2C(C#N)=C(N)N(c3nnc(SCC(=O)Nc4cccc(Br)c4)s3)C3=C2C(=O)CC(C)(C)C3)cc1. The van der Waals surface area contributed by atoms with Crippen molar-refractivity contribution in [3.05, 3.63) is 86.8 Å². The van der Waals surface area contributed by atoms with Crippen LogP contribution in [0, 0.1) is 16.7 Å². The van der Waals surface area contributed by atoms with Crippen LogP contribution in [0.5, 0.6) is 0 Å². The number of hydrogen-bond donors (Lipinski definition) is 2. The molecule has 0 saturated carbocycles. The van der Waals surface area contributed by atoms with Gasteiger partial charge in [-0.25, -0.2) is 0 Å². The van der Waals surface area contributed by atoms with Gasteiger partial charge in [0.15, 0.2) is 10.1 Å². The lowest BCUT2D eigenvalue weighted by molar-refractivity contribution is -0.118. The molecule has 3 N–H and O–H groups in total. The van der Waals surface area contributed by atoms with Crippen LogP contribution in [-0.2, 0) is 16.0 Å². The van der Waals surface area contributed by atoms with E-state index in [-0.39, 0.29) is 28.7 Å².